The summed E-state index contributed by atoms with van der Waals surface area (Å²) in [5, 5.41) is 0. The molecule has 1 unspecified atom stereocenters. The molecule has 0 saturated heterocycles. The highest BCUT2D eigenvalue weighted by Gasteiger charge is 2.23. The molecule has 0 heterocycles. The monoisotopic (exact) mass is 254 g/mol. The average molecular weight is 254 g/mol. The average Bonchev–Trinajstić information content (AvgIpc) is 2.38. The summed E-state index contributed by atoms with van der Waals surface area (Å²) in [6.07, 6.45) is 0.812. The SMILES string of the molecule is CCCC(OCC)C(=O)c1cccc(OC)c1F. The Hall–Kier alpha value is -1.42. The normalized spacial score (nSPS) is 12.2. The topological polar surface area (TPSA) is 35.5 Å². The number of ether oxygens (including phenoxy) is 2. The molecule has 1 atom stereocenters. The fourth-order valence-corrected chi connectivity index (χ4v) is 1.79. The third-order valence-electron chi connectivity index (χ3n) is 2.66. The third-order valence-corrected chi connectivity index (χ3v) is 2.66. The van der Waals surface area contributed by atoms with Crippen molar-refractivity contribution >= 4 is 5.78 Å². The lowest BCUT2D eigenvalue weighted by Gasteiger charge is -2.16. The van der Waals surface area contributed by atoms with Gasteiger partial charge in [0.15, 0.2) is 17.3 Å². The minimum absolute atomic E-state index is 0.0289. The molecule has 0 spiro atoms. The van der Waals surface area contributed by atoms with Crippen LogP contribution in [0.25, 0.3) is 0 Å². The summed E-state index contributed by atoms with van der Waals surface area (Å²) in [6.45, 7) is 4.21. The number of carbonyl (C=O) groups excluding carboxylic acids is 1. The highest BCUT2D eigenvalue weighted by atomic mass is 19.1. The standard InChI is InChI=1S/C14H19FO3/c1-4-7-12(18-5-2)14(16)10-8-6-9-11(17-3)13(10)15/h6,8-9,12H,4-5,7H2,1-3H3. The lowest BCUT2D eigenvalue weighted by Crippen LogP contribution is -2.25. The molecule has 4 heteroatoms. The number of hydrogen-bond donors (Lipinski definition) is 0. The van der Waals surface area contributed by atoms with Crippen molar-refractivity contribution in [3.8, 4) is 5.75 Å². The Morgan fingerprint density at radius 1 is 1.39 bits per heavy atom. The van der Waals surface area contributed by atoms with Crippen LogP contribution in [0.5, 0.6) is 5.75 Å². The van der Waals surface area contributed by atoms with E-state index in [1.165, 1.54) is 19.2 Å². The van der Waals surface area contributed by atoms with Crippen molar-refractivity contribution in [2.45, 2.75) is 32.8 Å². The molecular weight excluding hydrogens is 235 g/mol. The zero-order valence-electron chi connectivity index (χ0n) is 11.0. The molecule has 0 amide bonds. The molecule has 3 nitrogen and oxygen atoms in total. The zero-order valence-corrected chi connectivity index (χ0v) is 11.0. The van der Waals surface area contributed by atoms with Gasteiger partial charge >= 0.3 is 0 Å². The quantitative estimate of drug-likeness (QED) is 0.701. The Bertz CT molecular complexity index is 398. The molecule has 0 aliphatic rings. The van der Waals surface area contributed by atoms with E-state index in [1.807, 2.05) is 13.8 Å². The van der Waals surface area contributed by atoms with Crippen LogP contribution in [0.2, 0.25) is 0 Å². The summed E-state index contributed by atoms with van der Waals surface area (Å²) < 4.78 is 24.2. The van der Waals surface area contributed by atoms with E-state index in [2.05, 4.69) is 0 Å². The summed E-state index contributed by atoms with van der Waals surface area (Å²) in [4.78, 5) is 12.2. The van der Waals surface area contributed by atoms with Gasteiger partial charge in [-0.15, -0.1) is 0 Å². The largest absolute Gasteiger partial charge is 0.494 e. The number of benzene rings is 1. The molecule has 1 rings (SSSR count). The van der Waals surface area contributed by atoms with Crippen LogP contribution < -0.4 is 4.74 Å². The van der Waals surface area contributed by atoms with E-state index in [9.17, 15) is 9.18 Å². The van der Waals surface area contributed by atoms with E-state index in [4.69, 9.17) is 9.47 Å². The van der Waals surface area contributed by atoms with Crippen LogP contribution in [0.3, 0.4) is 0 Å². The Labute approximate surface area is 107 Å². The Kier molecular flexibility index (Phi) is 5.78. The lowest BCUT2D eigenvalue weighted by molar-refractivity contribution is 0.0419. The number of carbonyl (C=O) groups is 1. The Morgan fingerprint density at radius 2 is 2.11 bits per heavy atom. The van der Waals surface area contributed by atoms with E-state index >= 15 is 0 Å². The highest BCUT2D eigenvalue weighted by Crippen LogP contribution is 2.22. The molecular formula is C14H19FO3. The first kappa shape index (κ1) is 14.6. The minimum atomic E-state index is -0.620. The molecule has 0 radical (unpaired) electrons. The van der Waals surface area contributed by atoms with Gasteiger partial charge in [-0.25, -0.2) is 4.39 Å². The second-order valence-electron chi connectivity index (χ2n) is 3.92. The van der Waals surface area contributed by atoms with Gasteiger partial charge in [0.05, 0.1) is 12.7 Å². The molecule has 0 aliphatic carbocycles. The number of ketones is 1. The van der Waals surface area contributed by atoms with Crippen molar-refractivity contribution in [2.75, 3.05) is 13.7 Å². The van der Waals surface area contributed by atoms with Crippen molar-refractivity contribution in [1.82, 2.24) is 0 Å². The van der Waals surface area contributed by atoms with E-state index in [1.54, 1.807) is 6.07 Å². The van der Waals surface area contributed by atoms with Gasteiger partial charge in [0, 0.05) is 6.61 Å². The van der Waals surface area contributed by atoms with Crippen LogP contribution in [0.4, 0.5) is 4.39 Å². The number of hydrogen-bond acceptors (Lipinski definition) is 3. The summed E-state index contributed by atoms with van der Waals surface area (Å²) in [5.74, 6) is -0.867. The van der Waals surface area contributed by atoms with Crippen molar-refractivity contribution < 1.29 is 18.7 Å². The highest BCUT2D eigenvalue weighted by molar-refractivity contribution is 6.00. The fourth-order valence-electron chi connectivity index (χ4n) is 1.79. The van der Waals surface area contributed by atoms with Gasteiger partial charge in [-0.3, -0.25) is 4.79 Å². The molecule has 0 aromatic heterocycles. The maximum absolute atomic E-state index is 14.0. The first-order valence-electron chi connectivity index (χ1n) is 6.14. The second kappa shape index (κ2) is 7.11. The van der Waals surface area contributed by atoms with Crippen molar-refractivity contribution in [1.29, 1.82) is 0 Å². The maximum Gasteiger partial charge on any atom is 0.194 e. The van der Waals surface area contributed by atoms with Gasteiger partial charge in [-0.2, -0.15) is 0 Å². The van der Waals surface area contributed by atoms with Crippen LogP contribution >= 0.6 is 0 Å². The van der Waals surface area contributed by atoms with Crippen LogP contribution in [0, 0.1) is 5.82 Å². The number of methoxy groups -OCH3 is 1. The maximum atomic E-state index is 14.0. The first-order chi connectivity index (χ1) is 8.65. The lowest BCUT2D eigenvalue weighted by atomic mass is 10.0. The molecule has 0 fully saturated rings. The van der Waals surface area contributed by atoms with Crippen LogP contribution in [-0.4, -0.2) is 25.6 Å². The van der Waals surface area contributed by atoms with Crippen LogP contribution in [0.15, 0.2) is 18.2 Å². The van der Waals surface area contributed by atoms with Gasteiger partial charge in [-0.1, -0.05) is 19.4 Å². The summed E-state index contributed by atoms with van der Waals surface area (Å²) in [7, 11) is 1.37. The predicted molar refractivity (Wildman–Crippen MR) is 67.6 cm³/mol. The van der Waals surface area contributed by atoms with Gasteiger partial charge in [0.2, 0.25) is 0 Å². The number of Topliss-reactive ketones (excluding diaryl/α,β-unsaturated/α-hetero) is 1. The first-order valence-corrected chi connectivity index (χ1v) is 6.14. The van der Waals surface area contributed by atoms with E-state index in [0.717, 1.165) is 6.42 Å². The zero-order chi connectivity index (χ0) is 13.5. The molecule has 1 aromatic rings. The Balaban J connectivity index is 3.00. The molecule has 0 bridgehead atoms. The summed E-state index contributed by atoms with van der Waals surface area (Å²) in [6, 6.07) is 4.55. The summed E-state index contributed by atoms with van der Waals surface area (Å²) >= 11 is 0. The smallest absolute Gasteiger partial charge is 0.194 e. The van der Waals surface area contributed by atoms with E-state index in [-0.39, 0.29) is 17.1 Å². The van der Waals surface area contributed by atoms with Crippen molar-refractivity contribution in [2.24, 2.45) is 0 Å². The van der Waals surface area contributed by atoms with E-state index < -0.39 is 11.9 Å². The minimum Gasteiger partial charge on any atom is -0.494 e. The summed E-state index contributed by atoms with van der Waals surface area (Å²) in [5.41, 5.74) is 0.0289. The van der Waals surface area contributed by atoms with Crippen LogP contribution in [0.1, 0.15) is 37.0 Å². The third kappa shape index (κ3) is 3.29. The number of halogens is 1. The van der Waals surface area contributed by atoms with Crippen LogP contribution in [-0.2, 0) is 4.74 Å². The number of rotatable bonds is 7. The van der Waals surface area contributed by atoms with Gasteiger partial charge in [0.25, 0.3) is 0 Å². The molecule has 100 valence electrons. The predicted octanol–water partition coefficient (Wildman–Crippen LogP) is 3.22. The molecule has 0 aliphatic heterocycles. The fraction of sp³-hybridized carbons (Fsp3) is 0.500. The molecule has 0 N–H and O–H groups in total. The van der Waals surface area contributed by atoms with Crippen molar-refractivity contribution in [3.63, 3.8) is 0 Å². The Morgan fingerprint density at radius 3 is 2.67 bits per heavy atom. The van der Waals surface area contributed by atoms with Gasteiger partial charge in [0.1, 0.15) is 6.10 Å². The van der Waals surface area contributed by atoms with Gasteiger partial charge < -0.3 is 9.47 Å². The molecule has 18 heavy (non-hydrogen) atoms. The van der Waals surface area contributed by atoms with Crippen molar-refractivity contribution in [3.05, 3.63) is 29.6 Å². The second-order valence-corrected chi connectivity index (χ2v) is 3.92. The van der Waals surface area contributed by atoms with Gasteiger partial charge in [-0.05, 0) is 25.5 Å². The molecule has 0 saturated carbocycles. The molecule has 1 aromatic carbocycles. The van der Waals surface area contributed by atoms with E-state index in [0.29, 0.717) is 13.0 Å².